The molecule has 0 spiro atoms. The minimum absolute atomic E-state index is 0.0173. The lowest BCUT2D eigenvalue weighted by Gasteiger charge is -2.08. The summed E-state index contributed by atoms with van der Waals surface area (Å²) in [7, 11) is 0. The second kappa shape index (κ2) is 3.88. The van der Waals surface area contributed by atoms with Crippen LogP contribution in [0.5, 0.6) is 10.9 Å². The van der Waals surface area contributed by atoms with Crippen LogP contribution in [0.25, 0.3) is 10.2 Å². The monoisotopic (exact) mass is 243 g/mol. The van der Waals surface area contributed by atoms with Crippen molar-refractivity contribution >= 4 is 34.2 Å². The van der Waals surface area contributed by atoms with Crippen molar-refractivity contribution in [3.63, 3.8) is 0 Å². The molecule has 0 saturated carbocycles. The third kappa shape index (κ3) is 1.88. The van der Waals surface area contributed by atoms with Crippen molar-refractivity contribution < 1.29 is 15.3 Å². The first-order valence-electron chi connectivity index (χ1n) is 4.23. The van der Waals surface area contributed by atoms with E-state index in [1.165, 1.54) is 12.1 Å². The number of fused-ring (bicyclic) bond motifs is 1. The number of phenolic OH excluding ortho intramolecular Hbond substituents is 1. The number of thiol groups is 1. The van der Waals surface area contributed by atoms with Gasteiger partial charge in [-0.1, -0.05) is 11.3 Å². The highest BCUT2D eigenvalue weighted by Gasteiger charge is 2.15. The topological polar surface area (TPSA) is 73.6 Å². The summed E-state index contributed by atoms with van der Waals surface area (Å²) in [5.41, 5.74) is 1.02. The summed E-state index contributed by atoms with van der Waals surface area (Å²) in [6.07, 6.45) is -0.775. The Kier molecular flexibility index (Phi) is 2.72. The quantitative estimate of drug-likeness (QED) is 0.605. The van der Waals surface area contributed by atoms with E-state index in [0.29, 0.717) is 15.8 Å². The molecule has 3 N–H and O–H groups in total. The van der Waals surface area contributed by atoms with Crippen LogP contribution in [0.3, 0.4) is 0 Å². The molecular weight excluding hydrogens is 234 g/mol. The van der Waals surface area contributed by atoms with E-state index >= 15 is 0 Å². The van der Waals surface area contributed by atoms with Crippen molar-refractivity contribution in [1.29, 1.82) is 0 Å². The van der Waals surface area contributed by atoms with E-state index in [2.05, 4.69) is 17.6 Å². The van der Waals surface area contributed by atoms with Gasteiger partial charge in [-0.3, -0.25) is 0 Å². The number of aliphatic hydroxyl groups excluding tert-OH is 1. The number of rotatable bonds is 2. The number of aromatic hydroxyl groups is 2. The van der Waals surface area contributed by atoms with E-state index in [0.717, 1.165) is 11.3 Å². The molecule has 80 valence electrons. The predicted molar refractivity (Wildman–Crippen MR) is 61.8 cm³/mol. The number of aliphatic hydroxyl groups is 1. The number of phenols is 1. The fourth-order valence-corrected chi connectivity index (χ4v) is 2.42. The van der Waals surface area contributed by atoms with E-state index < -0.39 is 6.10 Å². The second-order valence-electron chi connectivity index (χ2n) is 3.08. The Labute approximate surface area is 95.2 Å². The van der Waals surface area contributed by atoms with Crippen LogP contribution in [0.1, 0.15) is 11.7 Å². The third-order valence-electron chi connectivity index (χ3n) is 2.02. The van der Waals surface area contributed by atoms with Crippen molar-refractivity contribution in [2.45, 2.75) is 6.10 Å². The van der Waals surface area contributed by atoms with Crippen LogP contribution in [0, 0.1) is 0 Å². The van der Waals surface area contributed by atoms with Gasteiger partial charge < -0.3 is 15.3 Å². The zero-order valence-electron chi connectivity index (χ0n) is 7.58. The molecule has 0 amide bonds. The lowest BCUT2D eigenvalue weighted by molar-refractivity contribution is 0.206. The van der Waals surface area contributed by atoms with Gasteiger partial charge in [0.05, 0.1) is 16.3 Å². The first-order valence-corrected chi connectivity index (χ1v) is 5.68. The molecule has 1 heterocycles. The smallest absolute Gasteiger partial charge is 0.271 e. The summed E-state index contributed by atoms with van der Waals surface area (Å²) < 4.78 is 0.673. The van der Waals surface area contributed by atoms with Gasteiger partial charge in [0.25, 0.3) is 5.19 Å². The molecule has 0 radical (unpaired) electrons. The summed E-state index contributed by atoms with van der Waals surface area (Å²) in [5.74, 6) is 0.264. The van der Waals surface area contributed by atoms with E-state index in [1.54, 1.807) is 0 Å². The van der Waals surface area contributed by atoms with Gasteiger partial charge >= 0.3 is 0 Å². The van der Waals surface area contributed by atoms with Gasteiger partial charge in [-0.2, -0.15) is 12.6 Å². The Bertz CT molecular complexity index is 497. The summed E-state index contributed by atoms with van der Waals surface area (Å²) in [6, 6.07) is 2.90. The highest BCUT2D eigenvalue weighted by Crippen LogP contribution is 2.35. The number of aromatic nitrogens is 1. The Balaban J connectivity index is 2.70. The number of hydrogen-bond donors (Lipinski definition) is 4. The van der Waals surface area contributed by atoms with Gasteiger partial charge in [-0.15, -0.1) is 0 Å². The van der Waals surface area contributed by atoms with Gasteiger partial charge in [-0.05, 0) is 6.07 Å². The maximum Gasteiger partial charge on any atom is 0.271 e. The SMILES string of the molecule is Oc1cc(C(O)CS)c2sc(O)nc2c1. The fourth-order valence-electron chi connectivity index (χ4n) is 1.38. The Morgan fingerprint density at radius 2 is 2.13 bits per heavy atom. The summed E-state index contributed by atoms with van der Waals surface area (Å²) >= 11 is 5.05. The number of thiazole rings is 1. The van der Waals surface area contributed by atoms with Crippen molar-refractivity contribution in [3.05, 3.63) is 17.7 Å². The van der Waals surface area contributed by atoms with E-state index in [4.69, 9.17) is 0 Å². The molecule has 2 rings (SSSR count). The molecule has 1 aromatic heterocycles. The molecule has 1 unspecified atom stereocenters. The van der Waals surface area contributed by atoms with Gasteiger partial charge in [-0.25, -0.2) is 4.98 Å². The van der Waals surface area contributed by atoms with E-state index in [1.807, 2.05) is 0 Å². The summed E-state index contributed by atoms with van der Waals surface area (Å²) in [4.78, 5) is 3.83. The van der Waals surface area contributed by atoms with E-state index in [9.17, 15) is 15.3 Å². The van der Waals surface area contributed by atoms with Crippen LogP contribution >= 0.6 is 24.0 Å². The molecule has 0 saturated heterocycles. The molecule has 4 nitrogen and oxygen atoms in total. The first-order chi connectivity index (χ1) is 7.11. The van der Waals surface area contributed by atoms with Gasteiger partial charge in [0.2, 0.25) is 0 Å². The average Bonchev–Trinajstić information content (AvgIpc) is 2.55. The number of hydrogen-bond acceptors (Lipinski definition) is 6. The van der Waals surface area contributed by atoms with Crippen LogP contribution in [-0.2, 0) is 0 Å². The van der Waals surface area contributed by atoms with Crippen molar-refractivity contribution in [2.24, 2.45) is 0 Å². The molecule has 15 heavy (non-hydrogen) atoms. The van der Waals surface area contributed by atoms with Crippen LogP contribution in [0.15, 0.2) is 12.1 Å². The molecule has 1 atom stereocenters. The Morgan fingerprint density at radius 3 is 2.80 bits per heavy atom. The van der Waals surface area contributed by atoms with Gasteiger partial charge in [0.1, 0.15) is 5.75 Å². The standard InChI is InChI=1S/C9H9NO3S2/c11-4-1-5(7(12)3-14)8-6(2-4)10-9(13)15-8/h1-2,7,11-12,14H,3H2,(H,10,13). The normalized spacial score (nSPS) is 13.2. The molecule has 0 aliphatic rings. The highest BCUT2D eigenvalue weighted by molar-refractivity contribution is 7.80. The maximum absolute atomic E-state index is 9.67. The minimum Gasteiger partial charge on any atom is -0.508 e. The lowest BCUT2D eigenvalue weighted by Crippen LogP contribution is -1.98. The Morgan fingerprint density at radius 1 is 1.40 bits per heavy atom. The lowest BCUT2D eigenvalue weighted by atomic mass is 10.1. The summed E-state index contributed by atoms with van der Waals surface area (Å²) in [5, 5.41) is 28.3. The predicted octanol–water partition coefficient (Wildman–Crippen LogP) is 1.67. The fraction of sp³-hybridized carbons (Fsp3) is 0.222. The third-order valence-corrected chi connectivity index (χ3v) is 3.29. The largest absolute Gasteiger partial charge is 0.508 e. The maximum atomic E-state index is 9.67. The second-order valence-corrected chi connectivity index (χ2v) is 4.42. The van der Waals surface area contributed by atoms with Crippen molar-refractivity contribution in [2.75, 3.05) is 5.75 Å². The van der Waals surface area contributed by atoms with E-state index in [-0.39, 0.29) is 16.7 Å². The summed E-state index contributed by atoms with van der Waals surface area (Å²) in [6.45, 7) is 0. The van der Waals surface area contributed by atoms with Gasteiger partial charge in [0, 0.05) is 17.4 Å². The van der Waals surface area contributed by atoms with Crippen molar-refractivity contribution in [1.82, 2.24) is 4.98 Å². The van der Waals surface area contributed by atoms with Crippen LogP contribution in [-0.4, -0.2) is 26.1 Å². The Hall–Kier alpha value is -0.980. The molecule has 0 aliphatic carbocycles. The minimum atomic E-state index is -0.775. The van der Waals surface area contributed by atoms with Crippen LogP contribution < -0.4 is 0 Å². The molecule has 0 aliphatic heterocycles. The molecule has 2 aromatic rings. The highest BCUT2D eigenvalue weighted by atomic mass is 32.1. The zero-order chi connectivity index (χ0) is 11.0. The average molecular weight is 243 g/mol. The van der Waals surface area contributed by atoms with Crippen LogP contribution in [0.4, 0.5) is 0 Å². The van der Waals surface area contributed by atoms with Gasteiger partial charge in [0.15, 0.2) is 0 Å². The molecule has 1 aromatic carbocycles. The molecule has 0 fully saturated rings. The molecular formula is C9H9NO3S2. The number of nitrogens with zero attached hydrogens (tertiary/aromatic N) is 1. The first kappa shape index (κ1) is 10.5. The van der Waals surface area contributed by atoms with Crippen LogP contribution in [0.2, 0.25) is 0 Å². The number of benzene rings is 1. The van der Waals surface area contributed by atoms with Crippen molar-refractivity contribution in [3.8, 4) is 10.9 Å². The molecule has 6 heteroatoms. The molecule has 0 bridgehead atoms. The zero-order valence-corrected chi connectivity index (χ0v) is 9.29.